The van der Waals surface area contributed by atoms with Crippen molar-refractivity contribution in [1.82, 2.24) is 14.9 Å². The van der Waals surface area contributed by atoms with Crippen LogP contribution in [0, 0.1) is 11.3 Å². The molecule has 2 saturated heterocycles. The molecule has 40 heavy (non-hydrogen) atoms. The Bertz CT molecular complexity index is 1390. The SMILES string of the molecule is C=CN(/N=C(\N)N1CCOCC1)c1ccc(Nc2nccc(-c3ccc(N4CCC(O)CC4)c(C#N)c3)n2)cc1. The fourth-order valence-corrected chi connectivity index (χ4v) is 4.74. The van der Waals surface area contributed by atoms with Gasteiger partial charge in [0.1, 0.15) is 6.07 Å². The molecule has 0 saturated carbocycles. The van der Waals surface area contributed by atoms with Crippen molar-refractivity contribution in [3.05, 3.63) is 73.1 Å². The first-order chi connectivity index (χ1) is 19.5. The number of nitrogens with one attached hydrogen (secondary N) is 1. The lowest BCUT2D eigenvalue weighted by molar-refractivity contribution is 0.0674. The normalized spacial score (nSPS) is 16.4. The Hall–Kier alpha value is -4.66. The number of anilines is 4. The van der Waals surface area contributed by atoms with Crippen molar-refractivity contribution in [3.8, 4) is 17.3 Å². The number of benzene rings is 2. The molecule has 0 atom stereocenters. The van der Waals surface area contributed by atoms with Crippen molar-refractivity contribution in [3.63, 3.8) is 0 Å². The zero-order valence-electron chi connectivity index (χ0n) is 22.3. The summed E-state index contributed by atoms with van der Waals surface area (Å²) in [4.78, 5) is 13.2. The summed E-state index contributed by atoms with van der Waals surface area (Å²) in [5, 5.41) is 29.0. The zero-order chi connectivity index (χ0) is 27.9. The van der Waals surface area contributed by atoms with E-state index >= 15 is 0 Å². The Labute approximate surface area is 233 Å². The predicted octanol–water partition coefficient (Wildman–Crippen LogP) is 3.23. The molecule has 2 fully saturated rings. The van der Waals surface area contributed by atoms with Crippen molar-refractivity contribution >= 4 is 29.0 Å². The summed E-state index contributed by atoms with van der Waals surface area (Å²) in [7, 11) is 0. The lowest BCUT2D eigenvalue weighted by Gasteiger charge is -2.32. The molecule has 3 aromatic rings. The second-order valence-corrected chi connectivity index (χ2v) is 9.58. The first-order valence-corrected chi connectivity index (χ1v) is 13.3. The summed E-state index contributed by atoms with van der Waals surface area (Å²) in [5.41, 5.74) is 10.8. The Kier molecular flexibility index (Phi) is 8.39. The summed E-state index contributed by atoms with van der Waals surface area (Å²) in [5.74, 6) is 0.853. The molecule has 0 aliphatic carbocycles. The number of piperidine rings is 1. The average Bonchev–Trinajstić information content (AvgIpc) is 3.01. The van der Waals surface area contributed by atoms with Crippen LogP contribution in [0.4, 0.5) is 23.0 Å². The van der Waals surface area contributed by atoms with Crippen LogP contribution >= 0.6 is 0 Å². The topological polar surface area (TPSA) is 139 Å². The van der Waals surface area contributed by atoms with Crippen LogP contribution in [0.25, 0.3) is 11.3 Å². The maximum absolute atomic E-state index is 9.82. The Morgan fingerprint density at radius 1 is 1.15 bits per heavy atom. The highest BCUT2D eigenvalue weighted by atomic mass is 16.5. The van der Waals surface area contributed by atoms with Crippen LogP contribution in [0.15, 0.2) is 72.6 Å². The number of aliphatic hydroxyl groups excluding tert-OH is 1. The summed E-state index contributed by atoms with van der Waals surface area (Å²) in [6.45, 7) is 7.98. The average molecular weight is 540 g/mol. The van der Waals surface area contributed by atoms with E-state index in [1.807, 2.05) is 53.4 Å². The van der Waals surface area contributed by atoms with Gasteiger partial charge in [-0.1, -0.05) is 12.6 Å². The molecule has 0 spiro atoms. The summed E-state index contributed by atoms with van der Waals surface area (Å²) in [6.07, 6.45) is 4.44. The number of hydrogen-bond acceptors (Lipinski definition) is 9. The van der Waals surface area contributed by atoms with Gasteiger partial charge in [0.05, 0.1) is 41.9 Å². The number of nitriles is 1. The van der Waals surface area contributed by atoms with E-state index < -0.39 is 0 Å². The molecule has 2 aliphatic rings. The van der Waals surface area contributed by atoms with Gasteiger partial charge in [-0.2, -0.15) is 5.26 Å². The van der Waals surface area contributed by atoms with Gasteiger partial charge in [-0.05, 0) is 55.3 Å². The molecule has 2 aromatic carbocycles. The number of aliphatic hydroxyl groups is 1. The highest BCUT2D eigenvalue weighted by Gasteiger charge is 2.20. The van der Waals surface area contributed by atoms with Crippen LogP contribution in [0.3, 0.4) is 0 Å². The summed E-state index contributed by atoms with van der Waals surface area (Å²) < 4.78 is 5.38. The molecular formula is C29H33N9O2. The van der Waals surface area contributed by atoms with Gasteiger partial charge < -0.3 is 30.7 Å². The lowest BCUT2D eigenvalue weighted by Crippen LogP contribution is -2.45. The monoisotopic (exact) mass is 539 g/mol. The van der Waals surface area contributed by atoms with Gasteiger partial charge in [-0.3, -0.25) is 0 Å². The first kappa shape index (κ1) is 26.9. The highest BCUT2D eigenvalue weighted by Crippen LogP contribution is 2.29. The minimum atomic E-state index is -0.266. The van der Waals surface area contributed by atoms with Crippen LogP contribution in [0.2, 0.25) is 0 Å². The third-order valence-corrected chi connectivity index (χ3v) is 6.98. The van der Waals surface area contributed by atoms with Crippen molar-refractivity contribution < 1.29 is 9.84 Å². The van der Waals surface area contributed by atoms with E-state index in [-0.39, 0.29) is 6.10 Å². The van der Waals surface area contributed by atoms with Gasteiger partial charge in [-0.25, -0.2) is 15.0 Å². The summed E-state index contributed by atoms with van der Waals surface area (Å²) in [6, 6.07) is 17.5. The second-order valence-electron chi connectivity index (χ2n) is 9.58. The Morgan fingerprint density at radius 2 is 1.90 bits per heavy atom. The van der Waals surface area contributed by atoms with E-state index in [2.05, 4.69) is 37.9 Å². The minimum Gasteiger partial charge on any atom is -0.393 e. The largest absolute Gasteiger partial charge is 0.393 e. The van der Waals surface area contributed by atoms with E-state index in [0.29, 0.717) is 62.3 Å². The number of nitrogens with two attached hydrogens (primary N) is 1. The van der Waals surface area contributed by atoms with Crippen molar-refractivity contribution in [2.24, 2.45) is 10.8 Å². The van der Waals surface area contributed by atoms with Crippen molar-refractivity contribution in [2.45, 2.75) is 18.9 Å². The first-order valence-electron chi connectivity index (χ1n) is 13.3. The molecule has 5 rings (SSSR count). The molecule has 2 aliphatic heterocycles. The quantitative estimate of drug-likeness (QED) is 0.233. The van der Waals surface area contributed by atoms with Crippen molar-refractivity contribution in [1.29, 1.82) is 5.26 Å². The molecule has 0 unspecified atom stereocenters. The molecule has 0 amide bonds. The Morgan fingerprint density at radius 3 is 2.60 bits per heavy atom. The standard InChI is InChI=1S/C29H33N9O2/c1-2-38(35-28(31)37-15-17-40-18-16-37)24-6-4-23(5-7-24)33-29-32-12-9-26(34-29)21-3-8-27(22(19-21)20-30)36-13-10-25(39)11-14-36/h2-9,12,19,25,39H,1,10-11,13-18H2,(H2,31,35)(H,32,33,34). The van der Waals surface area contributed by atoms with Gasteiger partial charge >= 0.3 is 0 Å². The molecule has 1 aromatic heterocycles. The number of rotatable bonds is 7. The van der Waals surface area contributed by atoms with E-state index in [9.17, 15) is 10.4 Å². The van der Waals surface area contributed by atoms with Crippen LogP contribution in [0.5, 0.6) is 0 Å². The molecule has 11 heteroatoms. The van der Waals surface area contributed by atoms with Crippen LogP contribution in [-0.4, -0.2) is 71.4 Å². The zero-order valence-corrected chi connectivity index (χ0v) is 22.3. The minimum absolute atomic E-state index is 0.266. The molecule has 3 heterocycles. The van der Waals surface area contributed by atoms with Gasteiger partial charge in [0.2, 0.25) is 11.9 Å². The molecule has 206 valence electrons. The smallest absolute Gasteiger partial charge is 0.227 e. The number of ether oxygens (including phenoxy) is 1. The lowest BCUT2D eigenvalue weighted by atomic mass is 10.0. The van der Waals surface area contributed by atoms with Crippen molar-refractivity contribution in [2.75, 3.05) is 54.6 Å². The fourth-order valence-electron chi connectivity index (χ4n) is 4.74. The number of nitrogens with zero attached hydrogens (tertiary/aromatic N) is 7. The van der Waals surface area contributed by atoms with Gasteiger partial charge in [0.25, 0.3) is 0 Å². The molecule has 11 nitrogen and oxygen atoms in total. The van der Waals surface area contributed by atoms with E-state index in [1.54, 1.807) is 17.4 Å². The number of guanidine groups is 1. The Balaban J connectivity index is 1.28. The third kappa shape index (κ3) is 6.31. The second kappa shape index (κ2) is 12.5. The van der Waals surface area contributed by atoms with Gasteiger partial charge in [0.15, 0.2) is 0 Å². The third-order valence-electron chi connectivity index (χ3n) is 6.98. The van der Waals surface area contributed by atoms with Crippen LogP contribution in [-0.2, 0) is 4.74 Å². The van der Waals surface area contributed by atoms with Crippen LogP contribution in [0.1, 0.15) is 18.4 Å². The van der Waals surface area contributed by atoms with E-state index in [1.165, 1.54) is 0 Å². The molecule has 4 N–H and O–H groups in total. The molecular weight excluding hydrogens is 506 g/mol. The van der Waals surface area contributed by atoms with Gasteiger partial charge in [-0.15, -0.1) is 5.10 Å². The fraction of sp³-hybridized carbons (Fsp3) is 0.310. The van der Waals surface area contributed by atoms with E-state index in [4.69, 9.17) is 10.5 Å². The maximum atomic E-state index is 9.82. The number of morpholine rings is 1. The van der Waals surface area contributed by atoms with Crippen LogP contribution < -0.4 is 21.0 Å². The highest BCUT2D eigenvalue weighted by molar-refractivity contribution is 5.79. The maximum Gasteiger partial charge on any atom is 0.227 e. The number of hydrazone groups is 1. The molecule has 0 radical (unpaired) electrons. The molecule has 0 bridgehead atoms. The number of aromatic nitrogens is 2. The van der Waals surface area contributed by atoms with Gasteiger partial charge in [0, 0.05) is 49.8 Å². The summed E-state index contributed by atoms with van der Waals surface area (Å²) >= 11 is 0. The van der Waals surface area contributed by atoms with E-state index in [0.717, 1.165) is 35.7 Å². The number of hydrogen-bond donors (Lipinski definition) is 3. The predicted molar refractivity (Wildman–Crippen MR) is 156 cm³/mol.